The SMILES string of the molecule is CCOC(=O)C1=C(O)C(=Cc2ccc(Br)cc2)SC1=Nc1ccc(Cl)cc1. The Morgan fingerprint density at radius 1 is 1.22 bits per heavy atom. The maximum atomic E-state index is 12.4. The summed E-state index contributed by atoms with van der Waals surface area (Å²) in [6.07, 6.45) is 1.80. The zero-order valence-corrected chi connectivity index (χ0v) is 17.4. The van der Waals surface area contributed by atoms with Gasteiger partial charge in [-0.3, -0.25) is 0 Å². The van der Waals surface area contributed by atoms with Crippen LogP contribution in [0.2, 0.25) is 5.02 Å². The number of aliphatic imine (C=N–C) groups is 1. The van der Waals surface area contributed by atoms with E-state index in [0.29, 0.717) is 20.7 Å². The maximum Gasteiger partial charge on any atom is 0.344 e. The first-order valence-corrected chi connectivity index (χ1v) is 10.1. The fraction of sp³-hybridized carbons (Fsp3) is 0.100. The molecule has 27 heavy (non-hydrogen) atoms. The summed E-state index contributed by atoms with van der Waals surface area (Å²) in [7, 11) is 0. The van der Waals surface area contributed by atoms with Gasteiger partial charge in [0.1, 0.15) is 16.4 Å². The van der Waals surface area contributed by atoms with Crippen molar-refractivity contribution in [2.45, 2.75) is 6.92 Å². The normalized spacial score (nSPS) is 17.0. The number of rotatable bonds is 4. The van der Waals surface area contributed by atoms with Crippen LogP contribution in [0, 0.1) is 0 Å². The average molecular weight is 465 g/mol. The molecule has 2 aromatic carbocycles. The third-order valence-corrected chi connectivity index (χ3v) is 5.40. The van der Waals surface area contributed by atoms with Gasteiger partial charge in [0.15, 0.2) is 0 Å². The molecule has 7 heteroatoms. The summed E-state index contributed by atoms with van der Waals surface area (Å²) in [4.78, 5) is 17.4. The third-order valence-electron chi connectivity index (χ3n) is 3.60. The fourth-order valence-electron chi connectivity index (χ4n) is 2.34. The van der Waals surface area contributed by atoms with Crippen LogP contribution in [-0.2, 0) is 9.53 Å². The Morgan fingerprint density at radius 2 is 1.89 bits per heavy atom. The van der Waals surface area contributed by atoms with Crippen molar-refractivity contribution in [2.24, 2.45) is 4.99 Å². The van der Waals surface area contributed by atoms with Crippen molar-refractivity contribution in [3.05, 3.63) is 79.8 Å². The highest BCUT2D eigenvalue weighted by atomic mass is 79.9. The van der Waals surface area contributed by atoms with Crippen LogP contribution < -0.4 is 0 Å². The number of thioether (sulfide) groups is 1. The van der Waals surface area contributed by atoms with Crippen LogP contribution in [-0.4, -0.2) is 22.7 Å². The molecule has 1 heterocycles. The van der Waals surface area contributed by atoms with Crippen molar-refractivity contribution in [3.63, 3.8) is 0 Å². The number of benzene rings is 2. The van der Waals surface area contributed by atoms with Crippen LogP contribution in [0.3, 0.4) is 0 Å². The van der Waals surface area contributed by atoms with Gasteiger partial charge < -0.3 is 9.84 Å². The summed E-state index contributed by atoms with van der Waals surface area (Å²) in [6, 6.07) is 14.5. The first kappa shape index (κ1) is 19.7. The topological polar surface area (TPSA) is 58.9 Å². The molecule has 0 fully saturated rings. The lowest BCUT2D eigenvalue weighted by molar-refractivity contribution is -0.138. The van der Waals surface area contributed by atoms with Gasteiger partial charge in [0.2, 0.25) is 0 Å². The van der Waals surface area contributed by atoms with E-state index in [0.717, 1.165) is 10.0 Å². The molecule has 0 amide bonds. The average Bonchev–Trinajstić information content (AvgIpc) is 2.94. The largest absolute Gasteiger partial charge is 0.506 e. The highest BCUT2D eigenvalue weighted by molar-refractivity contribution is 9.10. The summed E-state index contributed by atoms with van der Waals surface area (Å²) < 4.78 is 6.05. The molecular formula is C20H15BrClNO3S. The van der Waals surface area contributed by atoms with Crippen LogP contribution in [0.5, 0.6) is 0 Å². The molecule has 0 aromatic heterocycles. The Balaban J connectivity index is 2.02. The predicted octanol–water partition coefficient (Wildman–Crippen LogP) is 6.30. The van der Waals surface area contributed by atoms with E-state index in [-0.39, 0.29) is 17.9 Å². The number of hydrogen-bond donors (Lipinski definition) is 1. The quantitative estimate of drug-likeness (QED) is 0.540. The van der Waals surface area contributed by atoms with Crippen molar-refractivity contribution >= 4 is 62.1 Å². The van der Waals surface area contributed by atoms with E-state index in [2.05, 4.69) is 20.9 Å². The van der Waals surface area contributed by atoms with Crippen LogP contribution in [0.25, 0.3) is 6.08 Å². The van der Waals surface area contributed by atoms with E-state index >= 15 is 0 Å². The minimum absolute atomic E-state index is 0.0696. The molecule has 1 aliphatic heterocycles. The van der Waals surface area contributed by atoms with Crippen LogP contribution in [0.1, 0.15) is 12.5 Å². The Labute approximate surface area is 174 Å². The lowest BCUT2D eigenvalue weighted by Crippen LogP contribution is -2.12. The molecule has 4 nitrogen and oxygen atoms in total. The van der Waals surface area contributed by atoms with E-state index in [9.17, 15) is 9.90 Å². The van der Waals surface area contributed by atoms with Crippen molar-refractivity contribution < 1.29 is 14.6 Å². The van der Waals surface area contributed by atoms with E-state index in [1.165, 1.54) is 11.8 Å². The number of carbonyl (C=O) groups excluding carboxylic acids is 1. The molecular weight excluding hydrogens is 450 g/mol. The zero-order chi connectivity index (χ0) is 19.4. The Hall–Kier alpha value is -2.02. The van der Waals surface area contributed by atoms with Crippen molar-refractivity contribution in [2.75, 3.05) is 6.61 Å². The number of esters is 1. The third kappa shape index (κ3) is 4.83. The van der Waals surface area contributed by atoms with Gasteiger partial charge in [0.05, 0.1) is 17.2 Å². The number of hydrogen-bond acceptors (Lipinski definition) is 5. The Bertz CT molecular complexity index is 950. The number of aliphatic hydroxyl groups excluding tert-OH is 1. The maximum absolute atomic E-state index is 12.4. The fourth-order valence-corrected chi connectivity index (χ4v) is 3.76. The van der Waals surface area contributed by atoms with E-state index in [1.54, 1.807) is 37.3 Å². The standard InChI is InChI=1S/C20H15BrClNO3S/c1-2-26-20(25)17-18(24)16(11-12-3-5-13(21)6-4-12)27-19(17)23-15-9-7-14(22)8-10-15/h3-11,24H,2H2,1H3. The highest BCUT2D eigenvalue weighted by Crippen LogP contribution is 2.40. The van der Waals surface area contributed by atoms with Crippen molar-refractivity contribution in [1.29, 1.82) is 0 Å². The molecule has 1 N–H and O–H groups in total. The number of nitrogens with zero attached hydrogens (tertiary/aromatic N) is 1. The lowest BCUT2D eigenvalue weighted by Gasteiger charge is -2.03. The number of ether oxygens (including phenoxy) is 1. The molecule has 1 aliphatic rings. The monoisotopic (exact) mass is 463 g/mol. The number of aliphatic hydroxyl groups is 1. The minimum atomic E-state index is -0.602. The molecule has 0 atom stereocenters. The molecule has 0 radical (unpaired) electrons. The van der Waals surface area contributed by atoms with Gasteiger partial charge in [-0.2, -0.15) is 0 Å². The van der Waals surface area contributed by atoms with Crippen LogP contribution in [0.4, 0.5) is 5.69 Å². The van der Waals surface area contributed by atoms with Gasteiger partial charge in [0.25, 0.3) is 0 Å². The molecule has 0 spiro atoms. The smallest absolute Gasteiger partial charge is 0.344 e. The molecule has 0 unspecified atom stereocenters. The molecule has 0 saturated carbocycles. The van der Waals surface area contributed by atoms with Crippen LogP contribution >= 0.6 is 39.3 Å². The van der Waals surface area contributed by atoms with Gasteiger partial charge in [-0.25, -0.2) is 9.79 Å². The molecule has 138 valence electrons. The summed E-state index contributed by atoms with van der Waals surface area (Å²) in [5, 5.41) is 11.6. The second-order valence-electron chi connectivity index (χ2n) is 5.50. The highest BCUT2D eigenvalue weighted by Gasteiger charge is 2.33. The number of halogens is 2. The second-order valence-corrected chi connectivity index (χ2v) is 7.88. The van der Waals surface area contributed by atoms with E-state index in [4.69, 9.17) is 16.3 Å². The summed E-state index contributed by atoms with van der Waals surface area (Å²) in [6.45, 7) is 1.92. The van der Waals surface area contributed by atoms with E-state index in [1.807, 2.05) is 24.3 Å². The minimum Gasteiger partial charge on any atom is -0.506 e. The molecule has 3 rings (SSSR count). The second kappa shape index (κ2) is 8.78. The summed E-state index contributed by atoms with van der Waals surface area (Å²) in [5.41, 5.74) is 1.59. The molecule has 0 bridgehead atoms. The first-order chi connectivity index (χ1) is 13.0. The Kier molecular flexibility index (Phi) is 6.42. The molecule has 2 aromatic rings. The van der Waals surface area contributed by atoms with Gasteiger partial charge in [-0.1, -0.05) is 51.4 Å². The molecule has 0 saturated heterocycles. The van der Waals surface area contributed by atoms with Gasteiger partial charge >= 0.3 is 5.97 Å². The lowest BCUT2D eigenvalue weighted by atomic mass is 10.1. The molecule has 0 aliphatic carbocycles. The van der Waals surface area contributed by atoms with Crippen LogP contribution in [0.15, 0.2) is 74.2 Å². The Morgan fingerprint density at radius 3 is 2.52 bits per heavy atom. The van der Waals surface area contributed by atoms with Gasteiger partial charge in [-0.15, -0.1) is 0 Å². The van der Waals surface area contributed by atoms with Crippen molar-refractivity contribution in [3.8, 4) is 0 Å². The van der Waals surface area contributed by atoms with Gasteiger partial charge in [-0.05, 0) is 55.0 Å². The predicted molar refractivity (Wildman–Crippen MR) is 115 cm³/mol. The first-order valence-electron chi connectivity index (χ1n) is 8.08. The summed E-state index contributed by atoms with van der Waals surface area (Å²) >= 11 is 10.5. The number of carbonyl (C=O) groups is 1. The van der Waals surface area contributed by atoms with Crippen molar-refractivity contribution in [1.82, 2.24) is 0 Å². The zero-order valence-electron chi connectivity index (χ0n) is 14.3. The van der Waals surface area contributed by atoms with Gasteiger partial charge in [0, 0.05) is 9.50 Å². The van der Waals surface area contributed by atoms with E-state index < -0.39 is 5.97 Å². The summed E-state index contributed by atoms with van der Waals surface area (Å²) in [5.74, 6) is -0.733.